The van der Waals surface area contributed by atoms with Gasteiger partial charge in [-0.15, -0.1) is 0 Å². The minimum absolute atomic E-state index is 0.242. The molecule has 0 saturated heterocycles. The Labute approximate surface area is 115 Å². The Balaban J connectivity index is 2.12. The van der Waals surface area contributed by atoms with E-state index in [1.165, 1.54) is 11.1 Å². The summed E-state index contributed by atoms with van der Waals surface area (Å²) in [7, 11) is 0. The van der Waals surface area contributed by atoms with Crippen LogP contribution in [0.4, 0.5) is 0 Å². The number of phenols is 1. The van der Waals surface area contributed by atoms with Crippen molar-refractivity contribution >= 4 is 22.1 Å². The summed E-state index contributed by atoms with van der Waals surface area (Å²) in [5, 5.41) is 9.67. The largest absolute Gasteiger partial charge is 0.507 e. The minimum Gasteiger partial charge on any atom is -0.507 e. The van der Waals surface area contributed by atoms with Crippen LogP contribution in [0.1, 0.15) is 16.7 Å². The molecule has 2 rings (SSSR count). The van der Waals surface area contributed by atoms with E-state index in [0.29, 0.717) is 6.54 Å². The molecule has 18 heavy (non-hydrogen) atoms. The number of halogens is 1. The molecule has 0 atom stereocenters. The first kappa shape index (κ1) is 12.8. The predicted octanol–water partition coefficient (Wildman–Crippen LogP) is 4.08. The average molecular weight is 304 g/mol. The number of nitrogens with zero attached hydrogens (tertiary/aromatic N) is 1. The molecule has 92 valence electrons. The number of benzene rings is 2. The van der Waals surface area contributed by atoms with Crippen molar-refractivity contribution in [3.8, 4) is 5.75 Å². The SMILES string of the molecule is Cc1ccccc1CN=Cc1cc(Br)ccc1O. The van der Waals surface area contributed by atoms with E-state index in [1.807, 2.05) is 18.2 Å². The number of phenolic OH excluding ortho intramolecular Hbond substituents is 1. The Hall–Kier alpha value is -1.61. The van der Waals surface area contributed by atoms with Gasteiger partial charge in [-0.05, 0) is 36.2 Å². The first-order valence-electron chi connectivity index (χ1n) is 5.69. The zero-order chi connectivity index (χ0) is 13.0. The molecule has 0 radical (unpaired) electrons. The molecular formula is C15H14BrNO. The lowest BCUT2D eigenvalue weighted by atomic mass is 10.1. The van der Waals surface area contributed by atoms with Crippen molar-refractivity contribution in [2.45, 2.75) is 13.5 Å². The molecule has 0 spiro atoms. The quantitative estimate of drug-likeness (QED) is 0.851. The molecule has 0 aliphatic heterocycles. The van der Waals surface area contributed by atoms with Gasteiger partial charge in [-0.1, -0.05) is 40.2 Å². The van der Waals surface area contributed by atoms with Crippen molar-refractivity contribution in [2.75, 3.05) is 0 Å². The van der Waals surface area contributed by atoms with Crippen molar-refractivity contribution in [3.05, 3.63) is 63.6 Å². The maximum absolute atomic E-state index is 9.67. The van der Waals surface area contributed by atoms with Gasteiger partial charge in [0.05, 0.1) is 6.54 Å². The van der Waals surface area contributed by atoms with Gasteiger partial charge in [0.1, 0.15) is 5.75 Å². The van der Waals surface area contributed by atoms with E-state index in [1.54, 1.807) is 18.3 Å². The van der Waals surface area contributed by atoms with Crippen LogP contribution in [0, 0.1) is 6.92 Å². The van der Waals surface area contributed by atoms with E-state index in [4.69, 9.17) is 0 Å². The summed E-state index contributed by atoms with van der Waals surface area (Å²) in [6.07, 6.45) is 1.70. The van der Waals surface area contributed by atoms with Crippen LogP contribution in [0.15, 0.2) is 51.9 Å². The number of aromatic hydroxyl groups is 1. The second-order valence-corrected chi connectivity index (χ2v) is 5.02. The second kappa shape index (κ2) is 5.83. The highest BCUT2D eigenvalue weighted by molar-refractivity contribution is 9.10. The van der Waals surface area contributed by atoms with Gasteiger partial charge in [-0.2, -0.15) is 0 Å². The third-order valence-corrected chi connectivity index (χ3v) is 3.24. The zero-order valence-corrected chi connectivity index (χ0v) is 11.7. The van der Waals surface area contributed by atoms with Crippen molar-refractivity contribution in [1.29, 1.82) is 0 Å². The van der Waals surface area contributed by atoms with Gasteiger partial charge < -0.3 is 5.11 Å². The van der Waals surface area contributed by atoms with Gasteiger partial charge in [0, 0.05) is 16.3 Å². The fraction of sp³-hybridized carbons (Fsp3) is 0.133. The Morgan fingerprint density at radius 2 is 2.00 bits per heavy atom. The summed E-state index contributed by atoms with van der Waals surface area (Å²) in [5.74, 6) is 0.242. The summed E-state index contributed by atoms with van der Waals surface area (Å²) in [5.41, 5.74) is 3.15. The van der Waals surface area contributed by atoms with Crippen LogP contribution in [0.25, 0.3) is 0 Å². The van der Waals surface area contributed by atoms with Crippen molar-refractivity contribution < 1.29 is 5.11 Å². The van der Waals surface area contributed by atoms with E-state index < -0.39 is 0 Å². The predicted molar refractivity (Wildman–Crippen MR) is 78.3 cm³/mol. The molecule has 0 heterocycles. The molecule has 0 amide bonds. The third kappa shape index (κ3) is 3.20. The topological polar surface area (TPSA) is 32.6 Å². The Bertz CT molecular complexity index is 578. The number of rotatable bonds is 3. The van der Waals surface area contributed by atoms with Gasteiger partial charge in [0.2, 0.25) is 0 Å². The van der Waals surface area contributed by atoms with Gasteiger partial charge >= 0.3 is 0 Å². The number of aliphatic imine (C=N–C) groups is 1. The first-order valence-corrected chi connectivity index (χ1v) is 6.49. The van der Waals surface area contributed by atoms with E-state index in [0.717, 1.165) is 10.0 Å². The molecule has 0 fully saturated rings. The highest BCUT2D eigenvalue weighted by Gasteiger charge is 1.99. The standard InChI is InChI=1S/C15H14BrNO/c1-11-4-2-3-5-12(11)9-17-10-13-8-14(16)6-7-15(13)18/h2-8,10,18H,9H2,1H3. The van der Waals surface area contributed by atoms with E-state index in [9.17, 15) is 5.11 Å². The van der Waals surface area contributed by atoms with E-state index in [2.05, 4.69) is 40.0 Å². The van der Waals surface area contributed by atoms with Gasteiger partial charge in [0.15, 0.2) is 0 Å². The van der Waals surface area contributed by atoms with Crippen LogP contribution in [0.3, 0.4) is 0 Å². The smallest absolute Gasteiger partial charge is 0.124 e. The molecule has 2 nitrogen and oxygen atoms in total. The van der Waals surface area contributed by atoms with Crippen LogP contribution >= 0.6 is 15.9 Å². The molecule has 2 aromatic carbocycles. The summed E-state index contributed by atoms with van der Waals surface area (Å²) in [6.45, 7) is 2.69. The monoisotopic (exact) mass is 303 g/mol. The van der Waals surface area contributed by atoms with Crippen LogP contribution < -0.4 is 0 Å². The Morgan fingerprint density at radius 1 is 1.22 bits per heavy atom. The van der Waals surface area contributed by atoms with Crippen LogP contribution in [0.2, 0.25) is 0 Å². The lowest BCUT2D eigenvalue weighted by Gasteiger charge is -2.02. The average Bonchev–Trinajstić information content (AvgIpc) is 2.36. The van der Waals surface area contributed by atoms with E-state index in [-0.39, 0.29) is 5.75 Å². The normalized spacial score (nSPS) is 11.0. The molecule has 0 bridgehead atoms. The molecule has 0 aliphatic carbocycles. The van der Waals surface area contributed by atoms with Crippen molar-refractivity contribution in [2.24, 2.45) is 4.99 Å². The zero-order valence-electron chi connectivity index (χ0n) is 10.1. The third-order valence-electron chi connectivity index (χ3n) is 2.74. The fourth-order valence-corrected chi connectivity index (χ4v) is 2.04. The van der Waals surface area contributed by atoms with E-state index >= 15 is 0 Å². The highest BCUT2D eigenvalue weighted by Crippen LogP contribution is 2.20. The number of hydrogen-bond acceptors (Lipinski definition) is 2. The minimum atomic E-state index is 0.242. The molecule has 2 aromatic rings. The molecule has 1 N–H and O–H groups in total. The summed E-state index contributed by atoms with van der Waals surface area (Å²) in [4.78, 5) is 4.37. The van der Waals surface area contributed by atoms with Gasteiger partial charge in [0.25, 0.3) is 0 Å². The number of aryl methyl sites for hydroxylation is 1. The van der Waals surface area contributed by atoms with Gasteiger partial charge in [-0.25, -0.2) is 0 Å². The van der Waals surface area contributed by atoms with Crippen molar-refractivity contribution in [3.63, 3.8) is 0 Å². The lowest BCUT2D eigenvalue weighted by molar-refractivity contribution is 0.474. The van der Waals surface area contributed by atoms with Crippen LogP contribution in [0.5, 0.6) is 5.75 Å². The first-order chi connectivity index (χ1) is 8.66. The second-order valence-electron chi connectivity index (χ2n) is 4.10. The van der Waals surface area contributed by atoms with Crippen LogP contribution in [-0.4, -0.2) is 11.3 Å². The summed E-state index contributed by atoms with van der Waals surface area (Å²) in [6, 6.07) is 13.5. The summed E-state index contributed by atoms with van der Waals surface area (Å²) < 4.78 is 0.928. The number of hydrogen-bond donors (Lipinski definition) is 1. The maximum atomic E-state index is 9.67. The Morgan fingerprint density at radius 3 is 2.78 bits per heavy atom. The Kier molecular flexibility index (Phi) is 4.15. The maximum Gasteiger partial charge on any atom is 0.124 e. The molecule has 0 saturated carbocycles. The summed E-state index contributed by atoms with van der Waals surface area (Å²) >= 11 is 3.37. The van der Waals surface area contributed by atoms with Crippen LogP contribution in [-0.2, 0) is 6.54 Å². The fourth-order valence-electron chi connectivity index (χ4n) is 1.66. The molecule has 0 aliphatic rings. The van der Waals surface area contributed by atoms with Crippen molar-refractivity contribution in [1.82, 2.24) is 0 Å². The lowest BCUT2D eigenvalue weighted by Crippen LogP contribution is -1.88. The molecular weight excluding hydrogens is 290 g/mol. The highest BCUT2D eigenvalue weighted by atomic mass is 79.9. The molecule has 3 heteroatoms. The van der Waals surface area contributed by atoms with Gasteiger partial charge in [-0.3, -0.25) is 4.99 Å². The molecule has 0 unspecified atom stereocenters. The molecule has 0 aromatic heterocycles.